The average Bonchev–Trinajstić information content (AvgIpc) is 3.06. The molecule has 4 nitrogen and oxygen atoms in total. The van der Waals surface area contributed by atoms with Crippen molar-refractivity contribution >= 4 is 23.2 Å². The SMILES string of the molecule is O=C1c2ccccc2C(=O)N1CN1CCc2sccc2C1. The Kier molecular flexibility index (Phi) is 2.90. The Labute approximate surface area is 126 Å². The lowest BCUT2D eigenvalue weighted by Gasteiger charge is -2.29. The monoisotopic (exact) mass is 298 g/mol. The van der Waals surface area contributed by atoms with Crippen molar-refractivity contribution in [3.05, 3.63) is 57.3 Å². The van der Waals surface area contributed by atoms with Crippen LogP contribution in [0, 0.1) is 0 Å². The lowest BCUT2D eigenvalue weighted by Crippen LogP contribution is -2.43. The summed E-state index contributed by atoms with van der Waals surface area (Å²) in [6, 6.07) is 9.18. The molecule has 0 unspecified atom stereocenters. The fourth-order valence-electron chi connectivity index (χ4n) is 3.00. The molecule has 2 amide bonds. The molecule has 2 aromatic rings. The highest BCUT2D eigenvalue weighted by atomic mass is 32.1. The molecule has 106 valence electrons. The van der Waals surface area contributed by atoms with Crippen LogP contribution in [0.3, 0.4) is 0 Å². The first-order chi connectivity index (χ1) is 10.2. The number of nitrogens with zero attached hydrogens (tertiary/aromatic N) is 2. The Morgan fingerprint density at radius 1 is 1.05 bits per heavy atom. The van der Waals surface area contributed by atoms with Gasteiger partial charge in [-0.15, -0.1) is 11.3 Å². The molecule has 2 aliphatic heterocycles. The van der Waals surface area contributed by atoms with Gasteiger partial charge in [0, 0.05) is 18.0 Å². The normalized spacial score (nSPS) is 18.0. The van der Waals surface area contributed by atoms with Gasteiger partial charge >= 0.3 is 0 Å². The molecule has 0 saturated heterocycles. The Morgan fingerprint density at radius 2 is 1.76 bits per heavy atom. The van der Waals surface area contributed by atoms with Crippen LogP contribution < -0.4 is 0 Å². The molecule has 0 atom stereocenters. The highest BCUT2D eigenvalue weighted by Crippen LogP contribution is 2.26. The van der Waals surface area contributed by atoms with Crippen molar-refractivity contribution in [2.24, 2.45) is 0 Å². The summed E-state index contributed by atoms with van der Waals surface area (Å²) in [7, 11) is 0. The minimum absolute atomic E-state index is 0.174. The molecule has 0 spiro atoms. The van der Waals surface area contributed by atoms with Crippen LogP contribution in [0.15, 0.2) is 35.7 Å². The molecule has 0 aliphatic carbocycles. The predicted molar refractivity (Wildman–Crippen MR) is 80.2 cm³/mol. The summed E-state index contributed by atoms with van der Waals surface area (Å²) >= 11 is 1.79. The van der Waals surface area contributed by atoms with Crippen molar-refractivity contribution < 1.29 is 9.59 Å². The summed E-state index contributed by atoms with van der Waals surface area (Å²) in [5.41, 5.74) is 2.37. The summed E-state index contributed by atoms with van der Waals surface area (Å²) in [5.74, 6) is -0.349. The average molecular weight is 298 g/mol. The third-order valence-corrected chi connectivity index (χ3v) is 5.13. The van der Waals surface area contributed by atoms with Gasteiger partial charge in [-0.3, -0.25) is 19.4 Å². The first kappa shape index (κ1) is 12.7. The molecule has 3 heterocycles. The Bertz CT molecular complexity index is 702. The van der Waals surface area contributed by atoms with Crippen LogP contribution in [-0.4, -0.2) is 34.8 Å². The molecule has 0 bridgehead atoms. The topological polar surface area (TPSA) is 40.6 Å². The van der Waals surface area contributed by atoms with E-state index in [2.05, 4.69) is 16.3 Å². The molecular weight excluding hydrogens is 284 g/mol. The molecule has 0 saturated carbocycles. The van der Waals surface area contributed by atoms with Crippen molar-refractivity contribution in [1.82, 2.24) is 9.80 Å². The molecular formula is C16H14N2O2S. The Morgan fingerprint density at radius 3 is 2.48 bits per heavy atom. The second kappa shape index (κ2) is 4.79. The lowest BCUT2D eigenvalue weighted by atomic mass is 10.1. The molecule has 5 heteroatoms. The number of hydrogen-bond acceptors (Lipinski definition) is 4. The summed E-state index contributed by atoms with van der Waals surface area (Å²) < 4.78 is 0. The van der Waals surface area contributed by atoms with Gasteiger partial charge in [0.1, 0.15) is 0 Å². The molecule has 0 radical (unpaired) electrons. The van der Waals surface area contributed by atoms with Gasteiger partial charge in [-0.25, -0.2) is 0 Å². The van der Waals surface area contributed by atoms with Gasteiger partial charge in [0.15, 0.2) is 0 Å². The Balaban J connectivity index is 1.55. The second-order valence-corrected chi connectivity index (χ2v) is 6.40. The third kappa shape index (κ3) is 2.01. The van der Waals surface area contributed by atoms with Gasteiger partial charge in [0.2, 0.25) is 0 Å². The lowest BCUT2D eigenvalue weighted by molar-refractivity contribution is 0.0526. The van der Waals surface area contributed by atoms with E-state index in [0.717, 1.165) is 19.5 Å². The van der Waals surface area contributed by atoms with E-state index in [1.165, 1.54) is 15.3 Å². The van der Waals surface area contributed by atoms with Crippen LogP contribution >= 0.6 is 11.3 Å². The van der Waals surface area contributed by atoms with Gasteiger partial charge in [-0.2, -0.15) is 0 Å². The first-order valence-electron chi connectivity index (χ1n) is 6.97. The van der Waals surface area contributed by atoms with Crippen molar-refractivity contribution in [2.75, 3.05) is 13.2 Å². The van der Waals surface area contributed by atoms with E-state index >= 15 is 0 Å². The van der Waals surface area contributed by atoms with E-state index in [0.29, 0.717) is 17.8 Å². The molecule has 21 heavy (non-hydrogen) atoms. The number of thiophene rings is 1. The van der Waals surface area contributed by atoms with Gasteiger partial charge in [-0.1, -0.05) is 12.1 Å². The molecule has 1 aromatic carbocycles. The van der Waals surface area contributed by atoms with Gasteiger partial charge in [0.25, 0.3) is 11.8 Å². The van der Waals surface area contributed by atoms with E-state index < -0.39 is 0 Å². The summed E-state index contributed by atoms with van der Waals surface area (Å²) in [6.45, 7) is 2.08. The van der Waals surface area contributed by atoms with Crippen molar-refractivity contribution in [3.8, 4) is 0 Å². The number of hydrogen-bond donors (Lipinski definition) is 0. The minimum Gasteiger partial charge on any atom is -0.281 e. The van der Waals surface area contributed by atoms with Crippen molar-refractivity contribution in [2.45, 2.75) is 13.0 Å². The number of carbonyl (C=O) groups excluding carboxylic acids is 2. The zero-order valence-corrected chi connectivity index (χ0v) is 12.2. The van der Waals surface area contributed by atoms with Crippen LogP contribution in [0.4, 0.5) is 0 Å². The number of imide groups is 1. The second-order valence-electron chi connectivity index (χ2n) is 5.40. The number of fused-ring (bicyclic) bond motifs is 2. The highest BCUT2D eigenvalue weighted by Gasteiger charge is 2.36. The van der Waals surface area contributed by atoms with E-state index in [4.69, 9.17) is 0 Å². The number of amides is 2. The molecule has 0 fully saturated rings. The number of rotatable bonds is 2. The predicted octanol–water partition coefficient (Wildman–Crippen LogP) is 2.36. The largest absolute Gasteiger partial charge is 0.281 e. The summed E-state index contributed by atoms with van der Waals surface area (Å²) in [5, 5.41) is 2.11. The van der Waals surface area contributed by atoms with Crippen LogP contribution in [0.1, 0.15) is 31.2 Å². The van der Waals surface area contributed by atoms with Crippen LogP contribution in [0.5, 0.6) is 0 Å². The maximum absolute atomic E-state index is 12.4. The standard InChI is InChI=1S/C16H14N2O2S/c19-15-12-3-1-2-4-13(12)16(20)18(15)10-17-7-5-14-11(9-17)6-8-21-14/h1-4,6,8H,5,7,9-10H2. The van der Waals surface area contributed by atoms with Gasteiger partial charge < -0.3 is 0 Å². The number of benzene rings is 1. The third-order valence-electron chi connectivity index (χ3n) is 4.11. The van der Waals surface area contributed by atoms with Gasteiger partial charge in [0.05, 0.1) is 17.8 Å². The maximum atomic E-state index is 12.4. The first-order valence-corrected chi connectivity index (χ1v) is 7.85. The van der Waals surface area contributed by atoms with Crippen LogP contribution in [0.2, 0.25) is 0 Å². The van der Waals surface area contributed by atoms with Crippen molar-refractivity contribution in [1.29, 1.82) is 0 Å². The van der Waals surface area contributed by atoms with E-state index in [1.54, 1.807) is 35.6 Å². The molecule has 1 aromatic heterocycles. The van der Waals surface area contributed by atoms with Crippen molar-refractivity contribution in [3.63, 3.8) is 0 Å². The Hall–Kier alpha value is -1.98. The van der Waals surface area contributed by atoms with Gasteiger partial charge in [-0.05, 0) is 35.6 Å². The zero-order chi connectivity index (χ0) is 14.4. The highest BCUT2D eigenvalue weighted by molar-refractivity contribution is 7.10. The smallest absolute Gasteiger partial charge is 0.262 e. The quantitative estimate of drug-likeness (QED) is 0.799. The van der Waals surface area contributed by atoms with E-state index in [1.807, 2.05) is 0 Å². The van der Waals surface area contributed by atoms with E-state index in [9.17, 15) is 9.59 Å². The number of carbonyl (C=O) groups is 2. The van der Waals surface area contributed by atoms with Crippen LogP contribution in [-0.2, 0) is 13.0 Å². The fourth-order valence-corrected chi connectivity index (χ4v) is 3.88. The molecule has 2 aliphatic rings. The summed E-state index contributed by atoms with van der Waals surface area (Å²) in [6.07, 6.45) is 0.996. The molecule has 0 N–H and O–H groups in total. The fraction of sp³-hybridized carbons (Fsp3) is 0.250. The minimum atomic E-state index is -0.174. The molecule has 4 rings (SSSR count). The summed E-state index contributed by atoms with van der Waals surface area (Å²) in [4.78, 5) is 29.7. The zero-order valence-electron chi connectivity index (χ0n) is 11.4. The van der Waals surface area contributed by atoms with Crippen LogP contribution in [0.25, 0.3) is 0 Å². The van der Waals surface area contributed by atoms with E-state index in [-0.39, 0.29) is 11.8 Å². The maximum Gasteiger partial charge on any atom is 0.262 e.